The molecular weight excluding hydrogens is 428 g/mol. The Morgan fingerprint density at radius 2 is 1.33 bits per heavy atom. The quantitative estimate of drug-likeness (QED) is 0.348. The highest BCUT2D eigenvalue weighted by atomic mass is 32.1. The maximum Gasteiger partial charge on any atom is 0.306 e. The van der Waals surface area contributed by atoms with E-state index in [1.165, 1.54) is 22.7 Å². The first-order valence-electron chi connectivity index (χ1n) is 9.90. The van der Waals surface area contributed by atoms with Gasteiger partial charge in [-0.3, -0.25) is 14.4 Å². The van der Waals surface area contributed by atoms with Gasteiger partial charge in [0.15, 0.2) is 0 Å². The van der Waals surface area contributed by atoms with Crippen molar-refractivity contribution in [2.45, 2.75) is 65.2 Å². The average Bonchev–Trinajstić information content (AvgIpc) is 3.33. The van der Waals surface area contributed by atoms with Gasteiger partial charge in [-0.15, -0.1) is 20.4 Å². The molecule has 30 heavy (non-hydrogen) atoms. The van der Waals surface area contributed by atoms with Crippen molar-refractivity contribution in [3.8, 4) is 0 Å². The van der Waals surface area contributed by atoms with E-state index >= 15 is 0 Å². The van der Waals surface area contributed by atoms with Crippen LogP contribution >= 0.6 is 22.7 Å². The summed E-state index contributed by atoms with van der Waals surface area (Å²) in [6.07, 6.45) is 4.68. The number of hydrogen-bond donors (Lipinski definition) is 2. The minimum Gasteiger partial charge on any atom is -0.466 e. The fourth-order valence-corrected chi connectivity index (χ4v) is 4.00. The van der Waals surface area contributed by atoms with Gasteiger partial charge in [-0.05, 0) is 26.2 Å². The van der Waals surface area contributed by atoms with Crippen molar-refractivity contribution in [3.63, 3.8) is 0 Å². The molecule has 2 aromatic heterocycles. The molecule has 0 atom stereocenters. The lowest BCUT2D eigenvalue weighted by Gasteiger charge is -2.01. The summed E-state index contributed by atoms with van der Waals surface area (Å²) in [5.41, 5.74) is 0. The van der Waals surface area contributed by atoms with E-state index in [1.807, 2.05) is 6.92 Å². The first-order valence-corrected chi connectivity index (χ1v) is 11.5. The van der Waals surface area contributed by atoms with Crippen molar-refractivity contribution in [2.24, 2.45) is 0 Å². The zero-order valence-corrected chi connectivity index (χ0v) is 18.7. The van der Waals surface area contributed by atoms with E-state index in [1.54, 1.807) is 6.92 Å². The topological polar surface area (TPSA) is 136 Å². The van der Waals surface area contributed by atoms with Gasteiger partial charge in [0.1, 0.15) is 10.0 Å². The minimum absolute atomic E-state index is 0.0414. The molecule has 0 aromatic carbocycles. The predicted molar refractivity (Wildman–Crippen MR) is 114 cm³/mol. The van der Waals surface area contributed by atoms with Crippen molar-refractivity contribution in [2.75, 3.05) is 17.2 Å². The fourth-order valence-electron chi connectivity index (χ4n) is 2.40. The van der Waals surface area contributed by atoms with Crippen LogP contribution in [0.4, 0.5) is 10.3 Å². The van der Waals surface area contributed by atoms with Gasteiger partial charge in [-0.2, -0.15) is 0 Å². The largest absolute Gasteiger partial charge is 0.466 e. The second-order valence-corrected chi connectivity index (χ2v) is 8.48. The Balaban J connectivity index is 1.65. The highest BCUT2D eigenvalue weighted by molar-refractivity contribution is 7.15. The van der Waals surface area contributed by atoms with E-state index in [0.29, 0.717) is 23.3 Å². The van der Waals surface area contributed by atoms with E-state index in [9.17, 15) is 14.4 Å². The molecule has 164 valence electrons. The molecule has 2 heterocycles. The van der Waals surface area contributed by atoms with Gasteiger partial charge in [-0.1, -0.05) is 29.6 Å². The van der Waals surface area contributed by atoms with Crippen molar-refractivity contribution in [1.82, 2.24) is 20.4 Å². The number of nitrogens with zero attached hydrogens (tertiary/aromatic N) is 4. The molecule has 10 nitrogen and oxygen atoms in total. The Morgan fingerprint density at radius 3 is 1.83 bits per heavy atom. The molecule has 0 unspecified atom stereocenters. The molecule has 0 aliphatic heterocycles. The molecule has 0 bridgehead atoms. The Hall–Kier alpha value is -2.47. The molecule has 0 spiro atoms. The summed E-state index contributed by atoms with van der Waals surface area (Å²) in [5.74, 6) is -0.722. The number of anilines is 2. The fraction of sp³-hybridized carbons (Fsp3) is 0.611. The van der Waals surface area contributed by atoms with E-state index < -0.39 is 5.97 Å². The molecule has 2 amide bonds. The highest BCUT2D eigenvalue weighted by Crippen LogP contribution is 2.20. The molecule has 2 rings (SSSR count). The smallest absolute Gasteiger partial charge is 0.306 e. The number of nitrogens with one attached hydrogen (secondary N) is 2. The second-order valence-electron chi connectivity index (χ2n) is 6.36. The minimum atomic E-state index is -0.392. The van der Waals surface area contributed by atoms with Gasteiger partial charge < -0.3 is 15.4 Å². The summed E-state index contributed by atoms with van der Waals surface area (Å²) >= 11 is 2.72. The van der Waals surface area contributed by atoms with Crippen LogP contribution in [-0.4, -0.2) is 44.8 Å². The van der Waals surface area contributed by atoms with Gasteiger partial charge in [0.25, 0.3) is 0 Å². The van der Waals surface area contributed by atoms with E-state index in [2.05, 4.69) is 31.0 Å². The number of unbranched alkanes of at least 4 members (excludes halogenated alkanes) is 1. The predicted octanol–water partition coefficient (Wildman–Crippen LogP) is 2.98. The zero-order valence-electron chi connectivity index (χ0n) is 17.1. The zero-order chi connectivity index (χ0) is 21.8. The number of rotatable bonds is 13. The SMILES string of the molecule is CCCC(=O)Nc1nnc(CCCCc2nnc(NC(=O)CCC(=O)OCC)s2)s1. The summed E-state index contributed by atoms with van der Waals surface area (Å²) in [6.45, 7) is 3.97. The summed E-state index contributed by atoms with van der Waals surface area (Å²) in [6, 6.07) is 0. The first kappa shape index (κ1) is 23.8. The van der Waals surface area contributed by atoms with Gasteiger partial charge >= 0.3 is 5.97 Å². The number of amides is 2. The van der Waals surface area contributed by atoms with E-state index in [-0.39, 0.29) is 24.7 Å². The van der Waals surface area contributed by atoms with Gasteiger partial charge in [0.2, 0.25) is 22.1 Å². The Labute approximate surface area is 182 Å². The maximum absolute atomic E-state index is 11.8. The molecule has 2 N–H and O–H groups in total. The molecule has 0 saturated carbocycles. The van der Waals surface area contributed by atoms with Crippen LogP contribution in [0.1, 0.15) is 62.4 Å². The van der Waals surface area contributed by atoms with Crippen molar-refractivity contribution >= 4 is 50.7 Å². The van der Waals surface area contributed by atoms with Crippen LogP contribution in [0.5, 0.6) is 0 Å². The van der Waals surface area contributed by atoms with Crippen LogP contribution in [0.2, 0.25) is 0 Å². The third-order valence-electron chi connectivity index (χ3n) is 3.80. The van der Waals surface area contributed by atoms with Gasteiger partial charge in [-0.25, -0.2) is 0 Å². The number of hydrogen-bond acceptors (Lipinski definition) is 10. The normalized spacial score (nSPS) is 10.6. The van der Waals surface area contributed by atoms with Crippen molar-refractivity contribution < 1.29 is 19.1 Å². The average molecular weight is 455 g/mol. The van der Waals surface area contributed by atoms with Crippen LogP contribution in [0, 0.1) is 0 Å². The molecule has 0 saturated heterocycles. The Morgan fingerprint density at radius 1 is 0.800 bits per heavy atom. The lowest BCUT2D eigenvalue weighted by Crippen LogP contribution is -2.14. The van der Waals surface area contributed by atoms with E-state index in [4.69, 9.17) is 4.74 Å². The third-order valence-corrected chi connectivity index (χ3v) is 5.59. The summed E-state index contributed by atoms with van der Waals surface area (Å²) in [5, 5.41) is 24.2. The van der Waals surface area contributed by atoms with E-state index in [0.717, 1.165) is 42.1 Å². The first-order chi connectivity index (χ1) is 14.5. The number of ether oxygens (including phenoxy) is 1. The second kappa shape index (κ2) is 13.0. The molecule has 0 radical (unpaired) electrons. The number of carbonyl (C=O) groups is 3. The maximum atomic E-state index is 11.8. The van der Waals surface area contributed by atoms with Gasteiger partial charge in [0.05, 0.1) is 13.0 Å². The lowest BCUT2D eigenvalue weighted by atomic mass is 10.2. The molecule has 12 heteroatoms. The van der Waals surface area contributed by atoms with Crippen LogP contribution < -0.4 is 10.6 Å². The molecule has 0 fully saturated rings. The Bertz CT molecular complexity index is 838. The van der Waals surface area contributed by atoms with Crippen molar-refractivity contribution in [3.05, 3.63) is 10.0 Å². The number of aromatic nitrogens is 4. The molecule has 2 aromatic rings. The monoisotopic (exact) mass is 454 g/mol. The summed E-state index contributed by atoms with van der Waals surface area (Å²) in [4.78, 5) is 34.7. The third kappa shape index (κ3) is 8.91. The van der Waals surface area contributed by atoms with Crippen molar-refractivity contribution in [1.29, 1.82) is 0 Å². The molecular formula is C18H26N6O4S2. The van der Waals surface area contributed by atoms with Crippen LogP contribution in [0.3, 0.4) is 0 Å². The number of aryl methyl sites for hydroxylation is 2. The highest BCUT2D eigenvalue weighted by Gasteiger charge is 2.11. The lowest BCUT2D eigenvalue weighted by molar-refractivity contribution is -0.144. The summed E-state index contributed by atoms with van der Waals surface area (Å²) < 4.78 is 4.79. The number of carbonyl (C=O) groups excluding carboxylic acids is 3. The van der Waals surface area contributed by atoms with Gasteiger partial charge in [0, 0.05) is 25.7 Å². The molecule has 0 aliphatic rings. The molecule has 0 aliphatic carbocycles. The standard InChI is InChI=1S/C18H26N6O4S2/c1-3-7-12(25)19-17-23-21-14(29-17)8-5-6-9-15-22-24-18(30-15)20-13(26)10-11-16(27)28-4-2/h3-11H2,1-2H3,(H,19,23,25)(H,20,24,26). The van der Waals surface area contributed by atoms with Crippen LogP contribution in [0.25, 0.3) is 0 Å². The number of esters is 1. The summed E-state index contributed by atoms with van der Waals surface area (Å²) in [7, 11) is 0. The van der Waals surface area contributed by atoms with Crippen LogP contribution in [-0.2, 0) is 32.0 Å². The van der Waals surface area contributed by atoms with Crippen LogP contribution in [0.15, 0.2) is 0 Å². The Kier molecular flexibility index (Phi) is 10.3.